The van der Waals surface area contributed by atoms with Crippen molar-refractivity contribution in [2.75, 3.05) is 20.1 Å². The molecular weight excluding hydrogens is 390 g/mol. The molecule has 2 aromatic carbocycles. The zero-order valence-electron chi connectivity index (χ0n) is 18.6. The number of hydrogen-bond acceptors (Lipinski definition) is 3. The third-order valence-electron chi connectivity index (χ3n) is 6.42. The predicted molar refractivity (Wildman–Crippen MR) is 120 cm³/mol. The summed E-state index contributed by atoms with van der Waals surface area (Å²) < 4.78 is 0. The summed E-state index contributed by atoms with van der Waals surface area (Å²) in [4.78, 5) is 42.1. The Morgan fingerprint density at radius 3 is 2.26 bits per heavy atom. The lowest BCUT2D eigenvalue weighted by Gasteiger charge is -2.28. The number of amides is 4. The van der Waals surface area contributed by atoms with Gasteiger partial charge in [-0.25, -0.2) is 4.79 Å². The molecule has 0 saturated carbocycles. The Hall–Kier alpha value is -3.15. The molecule has 2 aromatic rings. The lowest BCUT2D eigenvalue weighted by molar-refractivity contribution is -0.131. The van der Waals surface area contributed by atoms with Crippen LogP contribution in [0.3, 0.4) is 0 Å². The summed E-state index contributed by atoms with van der Waals surface area (Å²) in [5.41, 5.74) is 4.18. The highest BCUT2D eigenvalue weighted by Gasteiger charge is 2.49. The van der Waals surface area contributed by atoms with Crippen molar-refractivity contribution in [1.82, 2.24) is 14.7 Å². The largest absolute Gasteiger partial charge is 0.338 e. The molecule has 0 aromatic heterocycles. The van der Waals surface area contributed by atoms with Gasteiger partial charge in [0.2, 0.25) is 0 Å². The van der Waals surface area contributed by atoms with Crippen molar-refractivity contribution >= 4 is 17.8 Å². The smallest absolute Gasteiger partial charge is 0.327 e. The molecule has 6 nitrogen and oxygen atoms in total. The van der Waals surface area contributed by atoms with Crippen molar-refractivity contribution in [2.24, 2.45) is 0 Å². The van der Waals surface area contributed by atoms with Gasteiger partial charge < -0.3 is 9.80 Å². The fraction of sp³-hybridized carbons (Fsp3) is 0.400. The van der Waals surface area contributed by atoms with Crippen LogP contribution < -0.4 is 0 Å². The molecule has 2 heterocycles. The molecule has 0 spiro atoms. The Kier molecular flexibility index (Phi) is 5.33. The lowest BCUT2D eigenvalue weighted by Crippen LogP contribution is -2.43. The summed E-state index contributed by atoms with van der Waals surface area (Å²) in [6.07, 6.45) is 1.84. The Morgan fingerprint density at radius 2 is 1.65 bits per heavy atom. The molecule has 2 aliphatic heterocycles. The first-order valence-electron chi connectivity index (χ1n) is 10.8. The van der Waals surface area contributed by atoms with Crippen LogP contribution in [0.4, 0.5) is 4.79 Å². The van der Waals surface area contributed by atoms with Crippen molar-refractivity contribution in [3.63, 3.8) is 0 Å². The molecule has 162 valence electrons. The van der Waals surface area contributed by atoms with E-state index in [1.807, 2.05) is 41.3 Å². The Balaban J connectivity index is 1.52. The van der Waals surface area contributed by atoms with E-state index in [-0.39, 0.29) is 17.8 Å². The number of carbonyl (C=O) groups excluding carboxylic acids is 3. The molecular formula is C25H29N3O3. The Morgan fingerprint density at radius 1 is 0.968 bits per heavy atom. The van der Waals surface area contributed by atoms with Gasteiger partial charge in [0.05, 0.1) is 0 Å². The van der Waals surface area contributed by atoms with E-state index in [2.05, 4.69) is 13.0 Å². The van der Waals surface area contributed by atoms with Crippen molar-refractivity contribution in [1.29, 1.82) is 0 Å². The summed E-state index contributed by atoms with van der Waals surface area (Å²) in [5, 5.41) is 0. The van der Waals surface area contributed by atoms with Gasteiger partial charge in [-0.3, -0.25) is 14.5 Å². The van der Waals surface area contributed by atoms with Crippen LogP contribution in [0.5, 0.6) is 0 Å². The number of fused-ring (bicyclic) bond motifs is 1. The molecule has 0 bridgehead atoms. The fourth-order valence-electron chi connectivity index (χ4n) is 4.48. The van der Waals surface area contributed by atoms with Crippen LogP contribution >= 0.6 is 0 Å². The molecule has 1 saturated heterocycles. The van der Waals surface area contributed by atoms with Gasteiger partial charge in [0.25, 0.3) is 11.8 Å². The summed E-state index contributed by atoms with van der Waals surface area (Å²) >= 11 is 0. The number of benzene rings is 2. The van der Waals surface area contributed by atoms with Gasteiger partial charge in [0.15, 0.2) is 0 Å². The number of nitrogens with zero attached hydrogens (tertiary/aromatic N) is 3. The molecule has 4 amide bonds. The molecule has 1 fully saturated rings. The summed E-state index contributed by atoms with van der Waals surface area (Å²) in [6.45, 7) is 7.61. The first-order valence-corrected chi connectivity index (χ1v) is 10.8. The highest BCUT2D eigenvalue weighted by atomic mass is 16.2. The van der Waals surface area contributed by atoms with Gasteiger partial charge >= 0.3 is 6.03 Å². The maximum atomic E-state index is 12.7. The summed E-state index contributed by atoms with van der Waals surface area (Å²) in [6, 6.07) is 13.8. The number of imide groups is 1. The topological polar surface area (TPSA) is 60.9 Å². The normalized spacial score (nSPS) is 18.1. The van der Waals surface area contributed by atoms with E-state index in [1.165, 1.54) is 11.9 Å². The molecule has 6 heteroatoms. The second kappa shape index (κ2) is 7.84. The monoisotopic (exact) mass is 419 g/mol. The molecule has 0 N–H and O–H groups in total. The number of hydrogen-bond donors (Lipinski definition) is 0. The van der Waals surface area contributed by atoms with E-state index in [0.29, 0.717) is 6.54 Å². The fourth-order valence-corrected chi connectivity index (χ4v) is 4.48. The quantitative estimate of drug-likeness (QED) is 0.690. The minimum atomic E-state index is -0.846. The summed E-state index contributed by atoms with van der Waals surface area (Å²) in [7, 11) is 1.53. The van der Waals surface area contributed by atoms with Gasteiger partial charge in [-0.1, -0.05) is 43.3 Å². The maximum Gasteiger partial charge on any atom is 0.327 e. The van der Waals surface area contributed by atoms with Crippen molar-refractivity contribution < 1.29 is 14.4 Å². The number of carbonyl (C=O) groups is 3. The van der Waals surface area contributed by atoms with Gasteiger partial charge in [0.1, 0.15) is 5.54 Å². The zero-order chi connectivity index (χ0) is 22.3. The molecule has 0 atom stereocenters. The van der Waals surface area contributed by atoms with E-state index in [0.717, 1.165) is 53.7 Å². The molecule has 0 radical (unpaired) electrons. The highest BCUT2D eigenvalue weighted by Crippen LogP contribution is 2.30. The van der Waals surface area contributed by atoms with Crippen LogP contribution in [-0.2, 0) is 17.8 Å². The average molecular weight is 420 g/mol. The third kappa shape index (κ3) is 3.60. The van der Waals surface area contributed by atoms with Gasteiger partial charge in [-0.2, -0.15) is 0 Å². The molecule has 31 heavy (non-hydrogen) atoms. The van der Waals surface area contributed by atoms with E-state index in [1.54, 1.807) is 18.7 Å². The number of rotatable bonds is 5. The maximum absolute atomic E-state index is 12.7. The van der Waals surface area contributed by atoms with Crippen molar-refractivity contribution in [3.05, 3.63) is 59.2 Å². The van der Waals surface area contributed by atoms with Crippen LogP contribution in [-0.4, -0.2) is 58.2 Å². The van der Waals surface area contributed by atoms with Gasteiger partial charge in [-0.05, 0) is 55.0 Å². The van der Waals surface area contributed by atoms with E-state index < -0.39 is 5.54 Å². The van der Waals surface area contributed by atoms with E-state index in [4.69, 9.17) is 0 Å². The average Bonchev–Trinajstić information content (AvgIpc) is 2.91. The van der Waals surface area contributed by atoms with Gasteiger partial charge in [-0.15, -0.1) is 0 Å². The zero-order valence-corrected chi connectivity index (χ0v) is 18.6. The first kappa shape index (κ1) is 21.1. The molecule has 0 unspecified atom stereocenters. The first-order chi connectivity index (χ1) is 14.7. The predicted octanol–water partition coefficient (Wildman–Crippen LogP) is 3.93. The van der Waals surface area contributed by atoms with Crippen molar-refractivity contribution in [3.8, 4) is 11.1 Å². The van der Waals surface area contributed by atoms with Crippen LogP contribution in [0.15, 0.2) is 42.5 Å². The molecule has 2 aliphatic rings. The van der Waals surface area contributed by atoms with Crippen LogP contribution in [0.1, 0.15) is 48.7 Å². The molecule has 0 aliphatic carbocycles. The minimum absolute atomic E-state index is 0.127. The SMILES string of the molecule is CCCN1CCc2cc(-c3ccc(CN4C(=O)N(C)C(=O)C4(C)C)cc3)ccc2C1=O. The Labute approximate surface area is 183 Å². The number of likely N-dealkylation sites (N-methyl/N-ethyl adjacent to an activating group) is 1. The van der Waals surface area contributed by atoms with E-state index >= 15 is 0 Å². The highest BCUT2D eigenvalue weighted by molar-refractivity contribution is 6.06. The second-order valence-corrected chi connectivity index (χ2v) is 8.90. The van der Waals surface area contributed by atoms with Crippen LogP contribution in [0, 0.1) is 0 Å². The van der Waals surface area contributed by atoms with Crippen molar-refractivity contribution in [2.45, 2.75) is 45.7 Å². The number of urea groups is 1. The lowest BCUT2D eigenvalue weighted by atomic mass is 9.93. The van der Waals surface area contributed by atoms with Crippen LogP contribution in [0.2, 0.25) is 0 Å². The summed E-state index contributed by atoms with van der Waals surface area (Å²) in [5.74, 6) is -0.0577. The van der Waals surface area contributed by atoms with Crippen LogP contribution in [0.25, 0.3) is 11.1 Å². The second-order valence-electron chi connectivity index (χ2n) is 8.90. The Bertz CT molecular complexity index is 1040. The van der Waals surface area contributed by atoms with Gasteiger partial charge in [0, 0.05) is 32.2 Å². The molecule has 4 rings (SSSR count). The van der Waals surface area contributed by atoms with E-state index in [9.17, 15) is 14.4 Å². The third-order valence-corrected chi connectivity index (χ3v) is 6.42. The minimum Gasteiger partial charge on any atom is -0.338 e. The standard InChI is InChI=1S/C25H29N3O3/c1-5-13-27-14-12-20-15-19(10-11-21(20)22(27)29)18-8-6-17(7-9-18)16-28-24(31)26(4)23(30)25(28,2)3/h6-11,15H,5,12-14,16H2,1-4H3.